The second kappa shape index (κ2) is 3.31. The van der Waals surface area contributed by atoms with E-state index in [1.165, 1.54) is 0 Å². The van der Waals surface area contributed by atoms with Gasteiger partial charge >= 0.3 is 0 Å². The van der Waals surface area contributed by atoms with E-state index in [0.29, 0.717) is 13.1 Å². The first-order valence-corrected chi connectivity index (χ1v) is 4.56. The molecule has 3 N–H and O–H groups in total. The van der Waals surface area contributed by atoms with E-state index in [4.69, 9.17) is 5.73 Å². The van der Waals surface area contributed by atoms with Gasteiger partial charge in [0.05, 0.1) is 17.9 Å². The first-order valence-electron chi connectivity index (χ1n) is 4.56. The summed E-state index contributed by atoms with van der Waals surface area (Å²) in [5.74, 6) is 0.0756. The summed E-state index contributed by atoms with van der Waals surface area (Å²) in [4.78, 5) is 13.0. The highest BCUT2D eigenvalue weighted by atomic mass is 16.2. The Hall–Kier alpha value is -1.55. The Balaban J connectivity index is 2.52. The molecule has 1 amide bonds. The van der Waals surface area contributed by atoms with E-state index in [9.17, 15) is 4.79 Å². The minimum absolute atomic E-state index is 0.0756. The van der Waals surface area contributed by atoms with E-state index < -0.39 is 0 Å². The zero-order chi connectivity index (χ0) is 10.1. The van der Waals surface area contributed by atoms with Crippen LogP contribution in [0, 0.1) is 0 Å². The molecule has 0 unspecified atom stereocenters. The minimum atomic E-state index is 0.0756. The lowest BCUT2D eigenvalue weighted by Crippen LogP contribution is -2.37. The maximum atomic E-state index is 11.4. The van der Waals surface area contributed by atoms with Crippen molar-refractivity contribution in [2.75, 3.05) is 23.8 Å². The highest BCUT2D eigenvalue weighted by Crippen LogP contribution is 2.31. The molecule has 1 aliphatic rings. The maximum absolute atomic E-state index is 11.4. The van der Waals surface area contributed by atoms with Crippen molar-refractivity contribution in [1.29, 1.82) is 0 Å². The fourth-order valence-corrected chi connectivity index (χ4v) is 1.66. The molecule has 0 aliphatic carbocycles. The molecule has 0 radical (unpaired) electrons. The first-order chi connectivity index (χ1) is 6.74. The lowest BCUT2D eigenvalue weighted by molar-refractivity contribution is -0.116. The quantitative estimate of drug-likeness (QED) is 0.681. The van der Waals surface area contributed by atoms with Gasteiger partial charge in [-0.15, -0.1) is 0 Å². The number of carbonyl (C=O) groups excluding carboxylic acids is 1. The molecule has 0 aromatic heterocycles. The van der Waals surface area contributed by atoms with Crippen LogP contribution in [0.5, 0.6) is 0 Å². The third-order valence-corrected chi connectivity index (χ3v) is 2.50. The van der Waals surface area contributed by atoms with Crippen LogP contribution in [0.4, 0.5) is 11.4 Å². The molecule has 0 spiro atoms. The summed E-state index contributed by atoms with van der Waals surface area (Å²) < 4.78 is 0. The Morgan fingerprint density at radius 1 is 1.57 bits per heavy atom. The third-order valence-electron chi connectivity index (χ3n) is 2.50. The Bertz CT molecular complexity index is 376. The number of hydrogen-bond acceptors (Lipinski definition) is 3. The van der Waals surface area contributed by atoms with E-state index >= 15 is 0 Å². The van der Waals surface area contributed by atoms with E-state index in [1.807, 2.05) is 18.2 Å². The number of hydrogen-bond donors (Lipinski definition) is 2. The summed E-state index contributed by atoms with van der Waals surface area (Å²) in [6.07, 6.45) is 0. The van der Waals surface area contributed by atoms with Gasteiger partial charge in [-0.3, -0.25) is 4.79 Å². The topological polar surface area (TPSA) is 58.4 Å². The van der Waals surface area contributed by atoms with Crippen molar-refractivity contribution >= 4 is 17.3 Å². The Kier molecular flexibility index (Phi) is 2.13. The number of nitrogens with one attached hydrogen (secondary N) is 1. The molecule has 2 rings (SSSR count). The van der Waals surface area contributed by atoms with Gasteiger partial charge in [0.1, 0.15) is 0 Å². The highest BCUT2D eigenvalue weighted by molar-refractivity contribution is 6.02. The van der Waals surface area contributed by atoms with Crippen molar-refractivity contribution in [3.05, 3.63) is 23.8 Å². The molecule has 1 aromatic rings. The minimum Gasteiger partial charge on any atom is -0.374 e. The summed E-state index contributed by atoms with van der Waals surface area (Å²) in [5, 5.41) is 3.09. The molecule has 4 nitrogen and oxygen atoms in total. The fraction of sp³-hybridized carbons (Fsp3) is 0.300. The number of amides is 1. The predicted octanol–water partition coefficient (Wildman–Crippen LogP) is 0.534. The lowest BCUT2D eigenvalue weighted by Gasteiger charge is -2.28. The van der Waals surface area contributed by atoms with Gasteiger partial charge in [-0.1, -0.05) is 12.1 Å². The Morgan fingerprint density at radius 3 is 3.07 bits per heavy atom. The van der Waals surface area contributed by atoms with Gasteiger partial charge in [-0.05, 0) is 11.6 Å². The van der Waals surface area contributed by atoms with Crippen LogP contribution in [0.25, 0.3) is 0 Å². The number of benzene rings is 1. The first kappa shape index (κ1) is 9.02. The van der Waals surface area contributed by atoms with Crippen molar-refractivity contribution < 1.29 is 4.79 Å². The molecule has 1 aromatic carbocycles. The van der Waals surface area contributed by atoms with E-state index in [2.05, 4.69) is 5.32 Å². The fourth-order valence-electron chi connectivity index (χ4n) is 1.66. The van der Waals surface area contributed by atoms with Gasteiger partial charge in [0.25, 0.3) is 0 Å². The van der Waals surface area contributed by atoms with Crippen LogP contribution < -0.4 is 16.0 Å². The van der Waals surface area contributed by atoms with Gasteiger partial charge in [-0.2, -0.15) is 0 Å². The molecule has 14 heavy (non-hydrogen) atoms. The monoisotopic (exact) mass is 191 g/mol. The van der Waals surface area contributed by atoms with E-state index in [1.54, 1.807) is 11.9 Å². The van der Waals surface area contributed by atoms with Gasteiger partial charge < -0.3 is 16.0 Å². The smallest absolute Gasteiger partial charge is 0.246 e. The van der Waals surface area contributed by atoms with E-state index in [0.717, 1.165) is 16.9 Å². The second-order valence-electron chi connectivity index (χ2n) is 3.32. The van der Waals surface area contributed by atoms with Crippen LogP contribution in [0.3, 0.4) is 0 Å². The molecule has 0 bridgehead atoms. The average Bonchev–Trinajstić information content (AvgIpc) is 2.23. The number of nitrogens with two attached hydrogens (primary N) is 1. The zero-order valence-corrected chi connectivity index (χ0v) is 8.08. The van der Waals surface area contributed by atoms with E-state index in [-0.39, 0.29) is 5.91 Å². The largest absolute Gasteiger partial charge is 0.374 e. The number of para-hydroxylation sites is 1. The van der Waals surface area contributed by atoms with Crippen molar-refractivity contribution in [3.63, 3.8) is 0 Å². The molecular formula is C10H13N3O. The molecule has 4 heteroatoms. The van der Waals surface area contributed by atoms with Gasteiger partial charge in [0.2, 0.25) is 5.91 Å². The molecule has 0 saturated carbocycles. The number of nitrogens with zero attached hydrogens (tertiary/aromatic N) is 1. The van der Waals surface area contributed by atoms with Crippen LogP contribution in [0.2, 0.25) is 0 Å². The van der Waals surface area contributed by atoms with Gasteiger partial charge in [0.15, 0.2) is 0 Å². The summed E-state index contributed by atoms with van der Waals surface area (Å²) in [5.41, 5.74) is 8.54. The lowest BCUT2D eigenvalue weighted by atomic mass is 10.1. The number of likely N-dealkylation sites (N-methyl/N-ethyl adjacent to an activating group) is 1. The number of fused-ring (bicyclic) bond motifs is 1. The summed E-state index contributed by atoms with van der Waals surface area (Å²) in [7, 11) is 1.78. The van der Waals surface area contributed by atoms with Crippen LogP contribution in [-0.4, -0.2) is 19.5 Å². The Labute approximate surface area is 82.7 Å². The molecule has 74 valence electrons. The van der Waals surface area contributed by atoms with Crippen molar-refractivity contribution in [2.24, 2.45) is 5.73 Å². The Morgan fingerprint density at radius 2 is 2.36 bits per heavy atom. The molecular weight excluding hydrogens is 178 g/mol. The molecule has 1 heterocycles. The summed E-state index contributed by atoms with van der Waals surface area (Å²) in [6, 6.07) is 5.80. The third kappa shape index (κ3) is 1.24. The van der Waals surface area contributed by atoms with Crippen molar-refractivity contribution in [3.8, 4) is 0 Å². The average molecular weight is 191 g/mol. The normalized spacial score (nSPS) is 15.0. The van der Waals surface area contributed by atoms with Crippen LogP contribution >= 0.6 is 0 Å². The SMILES string of the molecule is CN1C(=O)CNc2c(CN)cccc21. The van der Waals surface area contributed by atoms with Gasteiger partial charge in [0, 0.05) is 13.6 Å². The molecule has 0 atom stereocenters. The van der Waals surface area contributed by atoms with Crippen molar-refractivity contribution in [2.45, 2.75) is 6.54 Å². The maximum Gasteiger partial charge on any atom is 0.246 e. The molecule has 0 fully saturated rings. The second-order valence-corrected chi connectivity index (χ2v) is 3.32. The van der Waals surface area contributed by atoms with Gasteiger partial charge in [-0.25, -0.2) is 0 Å². The van der Waals surface area contributed by atoms with Crippen LogP contribution in [0.1, 0.15) is 5.56 Å². The van der Waals surface area contributed by atoms with Crippen LogP contribution in [-0.2, 0) is 11.3 Å². The number of carbonyl (C=O) groups is 1. The predicted molar refractivity (Wildman–Crippen MR) is 56.2 cm³/mol. The zero-order valence-electron chi connectivity index (χ0n) is 8.08. The van der Waals surface area contributed by atoms with Crippen LogP contribution in [0.15, 0.2) is 18.2 Å². The standard InChI is InChI=1S/C10H13N3O/c1-13-8-4-2-3-7(5-11)10(8)12-6-9(13)14/h2-4,12H,5-6,11H2,1H3. The summed E-state index contributed by atoms with van der Waals surface area (Å²) >= 11 is 0. The summed E-state index contributed by atoms with van der Waals surface area (Å²) in [6.45, 7) is 0.832. The van der Waals surface area contributed by atoms with Crippen molar-refractivity contribution in [1.82, 2.24) is 0 Å². The number of rotatable bonds is 1. The molecule has 0 saturated heterocycles. The number of anilines is 2. The highest BCUT2D eigenvalue weighted by Gasteiger charge is 2.21. The molecule has 1 aliphatic heterocycles.